The fourth-order valence-electron chi connectivity index (χ4n) is 2.48. The van der Waals surface area contributed by atoms with E-state index in [1.54, 1.807) is 0 Å². The lowest BCUT2D eigenvalue weighted by Crippen LogP contribution is -2.49. The number of esters is 1. The summed E-state index contributed by atoms with van der Waals surface area (Å²) >= 11 is 0. The van der Waals surface area contributed by atoms with E-state index in [-0.39, 0.29) is 11.9 Å². The Hall–Kier alpha value is -0.610. The van der Waals surface area contributed by atoms with Crippen LogP contribution in [0.4, 0.5) is 0 Å². The predicted molar refractivity (Wildman–Crippen MR) is 48.5 cm³/mol. The van der Waals surface area contributed by atoms with Gasteiger partial charge in [-0.1, -0.05) is 6.92 Å². The zero-order chi connectivity index (χ0) is 10.2. The van der Waals surface area contributed by atoms with Crippen LogP contribution in [0.15, 0.2) is 0 Å². The molecule has 0 N–H and O–H groups in total. The Kier molecular flexibility index (Phi) is 2.49. The SMILES string of the molecule is COC(=O)[C@]12CCO[C@H]1OCC[C@@H]2C. The van der Waals surface area contributed by atoms with Crippen molar-refractivity contribution in [2.75, 3.05) is 20.3 Å². The summed E-state index contributed by atoms with van der Waals surface area (Å²) in [5.41, 5.74) is -0.549. The maximum Gasteiger partial charge on any atom is 0.317 e. The molecule has 4 heteroatoms. The molecule has 0 unspecified atom stereocenters. The number of carbonyl (C=O) groups is 1. The first-order valence-corrected chi connectivity index (χ1v) is 5.03. The van der Waals surface area contributed by atoms with Crippen LogP contribution in [0.25, 0.3) is 0 Å². The van der Waals surface area contributed by atoms with Gasteiger partial charge in [0.1, 0.15) is 5.41 Å². The summed E-state index contributed by atoms with van der Waals surface area (Å²) in [5.74, 6) is 0.0865. The summed E-state index contributed by atoms with van der Waals surface area (Å²) in [6, 6.07) is 0. The summed E-state index contributed by atoms with van der Waals surface area (Å²) in [6.45, 7) is 3.33. The van der Waals surface area contributed by atoms with Gasteiger partial charge in [-0.15, -0.1) is 0 Å². The van der Waals surface area contributed by atoms with Gasteiger partial charge in [-0.2, -0.15) is 0 Å². The van der Waals surface area contributed by atoms with Crippen molar-refractivity contribution in [1.82, 2.24) is 0 Å². The van der Waals surface area contributed by atoms with Crippen molar-refractivity contribution in [2.24, 2.45) is 11.3 Å². The molecule has 80 valence electrons. The maximum absolute atomic E-state index is 11.8. The molecular formula is C10H16O4. The summed E-state index contributed by atoms with van der Waals surface area (Å²) < 4.78 is 15.8. The highest BCUT2D eigenvalue weighted by Crippen LogP contribution is 2.47. The van der Waals surface area contributed by atoms with Crippen LogP contribution in [0.1, 0.15) is 19.8 Å². The lowest BCUT2D eigenvalue weighted by Gasteiger charge is -2.40. The predicted octanol–water partition coefficient (Wildman–Crippen LogP) is 0.949. The second-order valence-corrected chi connectivity index (χ2v) is 4.05. The lowest BCUT2D eigenvalue weighted by molar-refractivity contribution is -0.216. The number of hydrogen-bond donors (Lipinski definition) is 0. The molecule has 2 aliphatic rings. The molecule has 2 fully saturated rings. The van der Waals surface area contributed by atoms with E-state index in [0.29, 0.717) is 19.6 Å². The molecule has 4 nitrogen and oxygen atoms in total. The van der Waals surface area contributed by atoms with Crippen LogP contribution in [0.3, 0.4) is 0 Å². The molecule has 0 saturated carbocycles. The highest BCUT2D eigenvalue weighted by atomic mass is 16.7. The van der Waals surface area contributed by atoms with Crippen LogP contribution in [0.5, 0.6) is 0 Å². The average Bonchev–Trinajstić information content (AvgIpc) is 2.63. The van der Waals surface area contributed by atoms with Gasteiger partial charge in [-0.25, -0.2) is 0 Å². The molecule has 14 heavy (non-hydrogen) atoms. The van der Waals surface area contributed by atoms with E-state index < -0.39 is 11.7 Å². The van der Waals surface area contributed by atoms with E-state index in [4.69, 9.17) is 14.2 Å². The van der Waals surface area contributed by atoms with Gasteiger partial charge in [0.15, 0.2) is 6.29 Å². The Morgan fingerprint density at radius 3 is 2.86 bits per heavy atom. The molecule has 0 aliphatic carbocycles. The largest absolute Gasteiger partial charge is 0.468 e. The minimum atomic E-state index is -0.549. The minimum Gasteiger partial charge on any atom is -0.468 e. The fourth-order valence-corrected chi connectivity index (χ4v) is 2.48. The molecule has 0 radical (unpaired) electrons. The molecule has 2 heterocycles. The first-order chi connectivity index (χ1) is 6.71. The molecule has 2 saturated heterocycles. The Balaban J connectivity index is 2.29. The monoisotopic (exact) mass is 200 g/mol. The number of methoxy groups -OCH3 is 1. The zero-order valence-electron chi connectivity index (χ0n) is 8.62. The number of rotatable bonds is 1. The van der Waals surface area contributed by atoms with Crippen molar-refractivity contribution in [1.29, 1.82) is 0 Å². The molecule has 0 aromatic rings. The van der Waals surface area contributed by atoms with E-state index in [1.807, 2.05) is 0 Å². The fraction of sp³-hybridized carbons (Fsp3) is 0.900. The van der Waals surface area contributed by atoms with Gasteiger partial charge in [-0.3, -0.25) is 4.79 Å². The van der Waals surface area contributed by atoms with Crippen LogP contribution in [-0.4, -0.2) is 32.6 Å². The first-order valence-electron chi connectivity index (χ1n) is 5.03. The van der Waals surface area contributed by atoms with Crippen LogP contribution < -0.4 is 0 Å². The smallest absolute Gasteiger partial charge is 0.317 e. The summed E-state index contributed by atoms with van der Waals surface area (Å²) in [6.07, 6.45) is 1.22. The van der Waals surface area contributed by atoms with Crippen molar-refractivity contribution in [3.8, 4) is 0 Å². The molecule has 3 atom stereocenters. The molecule has 0 aromatic carbocycles. The Morgan fingerprint density at radius 1 is 1.43 bits per heavy atom. The van der Waals surface area contributed by atoms with Crippen LogP contribution in [-0.2, 0) is 19.0 Å². The normalized spacial score (nSPS) is 41.9. The topological polar surface area (TPSA) is 44.8 Å². The third-order valence-corrected chi connectivity index (χ3v) is 3.47. The third-order valence-electron chi connectivity index (χ3n) is 3.47. The van der Waals surface area contributed by atoms with Gasteiger partial charge in [0, 0.05) is 0 Å². The van der Waals surface area contributed by atoms with Gasteiger partial charge in [0.05, 0.1) is 20.3 Å². The maximum atomic E-state index is 11.8. The highest BCUT2D eigenvalue weighted by Gasteiger charge is 2.57. The van der Waals surface area contributed by atoms with Gasteiger partial charge >= 0.3 is 5.97 Å². The van der Waals surface area contributed by atoms with E-state index in [2.05, 4.69) is 6.92 Å². The average molecular weight is 200 g/mol. The number of carbonyl (C=O) groups excluding carboxylic acids is 1. The van der Waals surface area contributed by atoms with Crippen molar-refractivity contribution >= 4 is 5.97 Å². The highest BCUT2D eigenvalue weighted by molar-refractivity contribution is 5.78. The molecule has 0 aromatic heterocycles. The van der Waals surface area contributed by atoms with Crippen molar-refractivity contribution in [3.63, 3.8) is 0 Å². The molecule has 0 bridgehead atoms. The standard InChI is InChI=1S/C10H16O4/c1-7-3-5-13-9-10(7,4-6-14-9)8(11)12-2/h7,9H,3-6H2,1-2H3/t7-,9+,10+/m0/s1. The Labute approximate surface area is 83.5 Å². The van der Waals surface area contributed by atoms with E-state index in [1.165, 1.54) is 7.11 Å². The second-order valence-electron chi connectivity index (χ2n) is 4.05. The minimum absolute atomic E-state index is 0.188. The number of hydrogen-bond acceptors (Lipinski definition) is 4. The van der Waals surface area contributed by atoms with Gasteiger partial charge in [0.25, 0.3) is 0 Å². The van der Waals surface area contributed by atoms with Gasteiger partial charge < -0.3 is 14.2 Å². The molecule has 2 aliphatic heterocycles. The van der Waals surface area contributed by atoms with E-state index in [9.17, 15) is 4.79 Å². The first kappa shape index (κ1) is 9.93. The Bertz CT molecular complexity index is 240. The van der Waals surface area contributed by atoms with E-state index in [0.717, 1.165) is 6.42 Å². The summed E-state index contributed by atoms with van der Waals surface area (Å²) in [7, 11) is 1.42. The lowest BCUT2D eigenvalue weighted by atomic mass is 9.71. The van der Waals surface area contributed by atoms with Crippen molar-refractivity contribution < 1.29 is 19.0 Å². The second kappa shape index (κ2) is 3.51. The quantitative estimate of drug-likeness (QED) is 0.591. The van der Waals surface area contributed by atoms with Gasteiger partial charge in [0.2, 0.25) is 0 Å². The van der Waals surface area contributed by atoms with Gasteiger partial charge in [-0.05, 0) is 18.8 Å². The van der Waals surface area contributed by atoms with Crippen LogP contribution in [0.2, 0.25) is 0 Å². The molecule has 0 spiro atoms. The molecule has 0 amide bonds. The Morgan fingerprint density at radius 2 is 2.14 bits per heavy atom. The number of ether oxygens (including phenoxy) is 3. The van der Waals surface area contributed by atoms with Crippen LogP contribution in [0, 0.1) is 11.3 Å². The number of fused-ring (bicyclic) bond motifs is 1. The van der Waals surface area contributed by atoms with Crippen molar-refractivity contribution in [3.05, 3.63) is 0 Å². The molecular weight excluding hydrogens is 184 g/mol. The zero-order valence-corrected chi connectivity index (χ0v) is 8.62. The van der Waals surface area contributed by atoms with E-state index >= 15 is 0 Å². The van der Waals surface area contributed by atoms with Crippen molar-refractivity contribution in [2.45, 2.75) is 26.1 Å². The molecule has 2 rings (SSSR count). The summed E-state index contributed by atoms with van der Waals surface area (Å²) in [5, 5.41) is 0. The summed E-state index contributed by atoms with van der Waals surface area (Å²) in [4.78, 5) is 11.8. The third kappa shape index (κ3) is 1.17. The van der Waals surface area contributed by atoms with Crippen LogP contribution >= 0.6 is 0 Å².